The zero-order valence-electron chi connectivity index (χ0n) is 21.8. The summed E-state index contributed by atoms with van der Waals surface area (Å²) in [4.78, 5) is 28.5. The molecule has 38 heavy (non-hydrogen) atoms. The van der Waals surface area contributed by atoms with Crippen molar-refractivity contribution in [3.63, 3.8) is 0 Å². The zero-order valence-corrected chi connectivity index (χ0v) is 21.8. The SMILES string of the molecule is CCOc1cc(C2/C(=C(\O)c3c(OC)cccc3OC)C(=O)C(=O)N2c2ccccc2OC)ccc1OC. The molecule has 1 aliphatic heterocycles. The van der Waals surface area contributed by atoms with Gasteiger partial charge in [-0.25, -0.2) is 0 Å². The van der Waals surface area contributed by atoms with Crippen LogP contribution in [0.3, 0.4) is 0 Å². The highest BCUT2D eigenvalue weighted by molar-refractivity contribution is 6.52. The maximum atomic E-state index is 13.6. The van der Waals surface area contributed by atoms with E-state index in [-0.39, 0.29) is 22.6 Å². The van der Waals surface area contributed by atoms with Gasteiger partial charge in [-0.3, -0.25) is 14.5 Å². The van der Waals surface area contributed by atoms with Crippen molar-refractivity contribution in [2.45, 2.75) is 13.0 Å². The summed E-state index contributed by atoms with van der Waals surface area (Å²) in [6.07, 6.45) is 0. The third kappa shape index (κ3) is 4.47. The number of aliphatic hydroxyl groups is 1. The molecule has 1 fully saturated rings. The van der Waals surface area contributed by atoms with Gasteiger partial charge >= 0.3 is 0 Å². The van der Waals surface area contributed by atoms with E-state index in [4.69, 9.17) is 23.7 Å². The largest absolute Gasteiger partial charge is 0.506 e. The number of amides is 1. The van der Waals surface area contributed by atoms with E-state index in [2.05, 4.69) is 0 Å². The summed E-state index contributed by atoms with van der Waals surface area (Å²) in [6, 6.07) is 15.9. The minimum atomic E-state index is -1.04. The molecule has 9 heteroatoms. The first-order valence-electron chi connectivity index (χ1n) is 11.9. The molecule has 0 radical (unpaired) electrons. The second-order valence-corrected chi connectivity index (χ2v) is 8.22. The van der Waals surface area contributed by atoms with Crippen molar-refractivity contribution in [1.29, 1.82) is 0 Å². The third-order valence-electron chi connectivity index (χ3n) is 6.26. The summed E-state index contributed by atoms with van der Waals surface area (Å²) >= 11 is 0. The summed E-state index contributed by atoms with van der Waals surface area (Å²) in [5.41, 5.74) is 0.882. The average molecular weight is 520 g/mol. The molecule has 0 aliphatic carbocycles. The van der Waals surface area contributed by atoms with Crippen LogP contribution in [0.15, 0.2) is 66.2 Å². The van der Waals surface area contributed by atoms with Gasteiger partial charge in [0.15, 0.2) is 11.5 Å². The maximum Gasteiger partial charge on any atom is 0.300 e. The van der Waals surface area contributed by atoms with E-state index in [0.29, 0.717) is 35.1 Å². The Morgan fingerprint density at radius 1 is 0.789 bits per heavy atom. The molecule has 1 unspecified atom stereocenters. The van der Waals surface area contributed by atoms with Crippen LogP contribution in [0, 0.1) is 0 Å². The summed E-state index contributed by atoms with van der Waals surface area (Å²) in [7, 11) is 5.87. The van der Waals surface area contributed by atoms with Crippen molar-refractivity contribution in [3.8, 4) is 28.7 Å². The second-order valence-electron chi connectivity index (χ2n) is 8.22. The molecule has 1 saturated heterocycles. The Kier molecular flexibility index (Phi) is 7.76. The highest BCUT2D eigenvalue weighted by Gasteiger charge is 2.48. The highest BCUT2D eigenvalue weighted by Crippen LogP contribution is 2.48. The molecule has 198 valence electrons. The van der Waals surface area contributed by atoms with Crippen molar-refractivity contribution in [3.05, 3.63) is 77.4 Å². The maximum absolute atomic E-state index is 13.6. The van der Waals surface area contributed by atoms with Crippen LogP contribution in [0.4, 0.5) is 5.69 Å². The Hall–Kier alpha value is -4.66. The number of hydrogen-bond donors (Lipinski definition) is 1. The molecule has 0 aromatic heterocycles. The number of anilines is 1. The topological polar surface area (TPSA) is 104 Å². The Bertz CT molecular complexity index is 1370. The van der Waals surface area contributed by atoms with Crippen molar-refractivity contribution in [2.24, 2.45) is 0 Å². The fraction of sp³-hybridized carbons (Fsp3) is 0.241. The number of ketones is 1. The molecular formula is C29H29NO8. The van der Waals surface area contributed by atoms with Crippen LogP contribution in [0.5, 0.6) is 28.7 Å². The summed E-state index contributed by atoms with van der Waals surface area (Å²) in [6.45, 7) is 2.20. The quantitative estimate of drug-likeness (QED) is 0.246. The van der Waals surface area contributed by atoms with Gasteiger partial charge in [0.1, 0.15) is 28.6 Å². The van der Waals surface area contributed by atoms with Crippen molar-refractivity contribution in [1.82, 2.24) is 0 Å². The number of para-hydroxylation sites is 2. The number of carbonyl (C=O) groups excluding carboxylic acids is 2. The van der Waals surface area contributed by atoms with Gasteiger partial charge in [-0.15, -0.1) is 0 Å². The van der Waals surface area contributed by atoms with Crippen molar-refractivity contribution in [2.75, 3.05) is 39.9 Å². The number of Topliss-reactive ketones (excluding diaryl/α,β-unsaturated/α-hetero) is 1. The van der Waals surface area contributed by atoms with Gasteiger partial charge in [-0.1, -0.05) is 24.3 Å². The smallest absolute Gasteiger partial charge is 0.300 e. The van der Waals surface area contributed by atoms with Crippen molar-refractivity contribution >= 4 is 23.1 Å². The third-order valence-corrected chi connectivity index (χ3v) is 6.26. The van der Waals surface area contributed by atoms with Crippen LogP contribution in [0.25, 0.3) is 5.76 Å². The molecule has 1 N–H and O–H groups in total. The monoisotopic (exact) mass is 519 g/mol. The van der Waals surface area contributed by atoms with E-state index >= 15 is 0 Å². The van der Waals surface area contributed by atoms with Crippen LogP contribution in [-0.4, -0.2) is 51.8 Å². The molecule has 9 nitrogen and oxygen atoms in total. The Morgan fingerprint density at radius 3 is 2.00 bits per heavy atom. The van der Waals surface area contributed by atoms with Gasteiger partial charge in [0.2, 0.25) is 0 Å². The normalized spacial score (nSPS) is 16.3. The van der Waals surface area contributed by atoms with Gasteiger partial charge in [0.05, 0.1) is 52.3 Å². The molecule has 1 atom stereocenters. The lowest BCUT2D eigenvalue weighted by atomic mass is 9.94. The number of hydrogen-bond acceptors (Lipinski definition) is 8. The highest BCUT2D eigenvalue weighted by atomic mass is 16.5. The van der Waals surface area contributed by atoms with Gasteiger partial charge in [0.25, 0.3) is 11.7 Å². The van der Waals surface area contributed by atoms with E-state index in [0.717, 1.165) is 0 Å². The second kappa shape index (κ2) is 11.2. The summed E-state index contributed by atoms with van der Waals surface area (Å²) in [5.74, 6) is -0.308. The minimum Gasteiger partial charge on any atom is -0.506 e. The molecular weight excluding hydrogens is 490 g/mol. The Morgan fingerprint density at radius 2 is 1.39 bits per heavy atom. The summed E-state index contributed by atoms with van der Waals surface area (Å²) < 4.78 is 27.6. The summed E-state index contributed by atoms with van der Waals surface area (Å²) in [5, 5.41) is 11.7. The average Bonchev–Trinajstić information content (AvgIpc) is 3.21. The zero-order chi connectivity index (χ0) is 27.4. The van der Waals surface area contributed by atoms with Crippen molar-refractivity contribution < 1.29 is 38.4 Å². The number of aliphatic hydroxyl groups excluding tert-OH is 1. The molecule has 1 amide bonds. The van der Waals surface area contributed by atoms with Crippen LogP contribution in [0.1, 0.15) is 24.1 Å². The molecule has 1 aliphatic rings. The first kappa shape index (κ1) is 26.4. The number of ether oxygens (including phenoxy) is 5. The molecule has 0 spiro atoms. The lowest BCUT2D eigenvalue weighted by Gasteiger charge is -2.27. The van der Waals surface area contributed by atoms with Gasteiger partial charge in [-0.05, 0) is 48.9 Å². The number of rotatable bonds is 9. The standard InChI is InChI=1S/C29H29NO8/c1-6-38-23-16-17(14-15-20(23)35-3)26-25(27(31)24-21(36-4)12-9-13-22(24)37-5)28(32)29(33)30(26)18-10-7-8-11-19(18)34-2/h7-16,26,31H,6H2,1-5H3/b27-25+. The van der Waals surface area contributed by atoms with E-state index in [9.17, 15) is 14.7 Å². The number of nitrogens with zero attached hydrogens (tertiary/aromatic N) is 1. The Labute approximate surface area is 220 Å². The fourth-order valence-electron chi connectivity index (χ4n) is 4.58. The van der Waals surface area contributed by atoms with Crippen LogP contribution >= 0.6 is 0 Å². The Balaban J connectivity index is 2.05. The first-order valence-corrected chi connectivity index (χ1v) is 11.9. The molecule has 0 saturated carbocycles. The van der Waals surface area contributed by atoms with Crippen LogP contribution < -0.4 is 28.6 Å². The fourth-order valence-corrected chi connectivity index (χ4v) is 4.58. The first-order chi connectivity index (χ1) is 18.4. The van der Waals surface area contributed by atoms with Gasteiger partial charge < -0.3 is 28.8 Å². The molecule has 4 rings (SSSR count). The molecule has 1 heterocycles. The predicted octanol–water partition coefficient (Wildman–Crippen LogP) is 4.75. The lowest BCUT2D eigenvalue weighted by Crippen LogP contribution is -2.29. The number of carbonyl (C=O) groups is 2. The van der Waals surface area contributed by atoms with E-state index in [1.807, 2.05) is 6.92 Å². The minimum absolute atomic E-state index is 0.142. The lowest BCUT2D eigenvalue weighted by molar-refractivity contribution is -0.132. The number of benzene rings is 3. The van der Waals surface area contributed by atoms with Gasteiger partial charge in [-0.2, -0.15) is 0 Å². The van der Waals surface area contributed by atoms with E-state index in [1.54, 1.807) is 60.7 Å². The van der Waals surface area contributed by atoms with Gasteiger partial charge in [0, 0.05) is 0 Å². The van der Waals surface area contributed by atoms with E-state index < -0.39 is 23.5 Å². The predicted molar refractivity (Wildman–Crippen MR) is 141 cm³/mol. The molecule has 3 aromatic carbocycles. The van der Waals surface area contributed by atoms with Crippen LogP contribution in [0.2, 0.25) is 0 Å². The molecule has 0 bridgehead atoms. The van der Waals surface area contributed by atoms with Crippen LogP contribution in [-0.2, 0) is 9.59 Å². The molecule has 3 aromatic rings. The van der Waals surface area contributed by atoms with E-state index in [1.165, 1.54) is 33.3 Å². The number of methoxy groups -OCH3 is 4.